The number of hydrogen-bond acceptors (Lipinski definition) is 4. The Morgan fingerprint density at radius 1 is 1.50 bits per heavy atom. The van der Waals surface area contributed by atoms with Crippen LogP contribution in [0.15, 0.2) is 0 Å². The van der Waals surface area contributed by atoms with Crippen LogP contribution in [0.5, 0.6) is 0 Å². The minimum Gasteiger partial charge on any atom is -0.381 e. The highest BCUT2D eigenvalue weighted by atomic mass is 16.5. The highest BCUT2D eigenvalue weighted by Gasteiger charge is 2.48. The maximum atomic E-state index is 12.2. The van der Waals surface area contributed by atoms with E-state index in [0.29, 0.717) is 6.61 Å². The fraction of sp³-hybridized carbons (Fsp3) is 0.923. The largest absolute Gasteiger partial charge is 0.381 e. The van der Waals surface area contributed by atoms with Gasteiger partial charge in [-0.1, -0.05) is 6.92 Å². The Morgan fingerprint density at radius 3 is 2.94 bits per heavy atom. The molecule has 0 radical (unpaired) electrons. The second kappa shape index (κ2) is 5.99. The number of carbonyl (C=O) groups is 1. The van der Waals surface area contributed by atoms with Crippen molar-refractivity contribution in [1.82, 2.24) is 10.2 Å². The van der Waals surface area contributed by atoms with Crippen molar-refractivity contribution in [3.8, 4) is 0 Å². The highest BCUT2D eigenvalue weighted by molar-refractivity contribution is 5.85. The minimum atomic E-state index is -0.511. The predicted octanol–water partition coefficient (Wildman–Crippen LogP) is -0.0477. The smallest absolute Gasteiger partial charge is 0.238 e. The van der Waals surface area contributed by atoms with Crippen LogP contribution in [0.3, 0.4) is 0 Å². The van der Waals surface area contributed by atoms with E-state index in [1.165, 1.54) is 0 Å². The Bertz CT molecular complexity index is 284. The number of ether oxygens (including phenoxy) is 1. The lowest BCUT2D eigenvalue weighted by molar-refractivity contribution is -0.135. The molecule has 0 aliphatic carbocycles. The van der Waals surface area contributed by atoms with Crippen LogP contribution in [0.4, 0.5) is 0 Å². The molecule has 1 amide bonds. The molecule has 5 nitrogen and oxygen atoms in total. The Hall–Kier alpha value is -0.650. The van der Waals surface area contributed by atoms with E-state index in [9.17, 15) is 4.79 Å². The van der Waals surface area contributed by atoms with E-state index in [-0.39, 0.29) is 11.8 Å². The van der Waals surface area contributed by atoms with Crippen LogP contribution in [0.25, 0.3) is 0 Å². The van der Waals surface area contributed by atoms with Crippen molar-refractivity contribution in [1.29, 1.82) is 0 Å². The summed E-state index contributed by atoms with van der Waals surface area (Å²) in [5.41, 5.74) is 5.28. The molecule has 2 rings (SSSR count). The van der Waals surface area contributed by atoms with Gasteiger partial charge in [-0.2, -0.15) is 0 Å². The zero-order valence-corrected chi connectivity index (χ0v) is 11.3. The number of hydrogen-bond donors (Lipinski definition) is 2. The van der Waals surface area contributed by atoms with Gasteiger partial charge in [-0.05, 0) is 25.8 Å². The van der Waals surface area contributed by atoms with Gasteiger partial charge in [0.25, 0.3) is 0 Å². The topological polar surface area (TPSA) is 67.6 Å². The molecule has 0 saturated carbocycles. The van der Waals surface area contributed by atoms with Gasteiger partial charge in [0.2, 0.25) is 5.91 Å². The molecule has 0 spiro atoms. The molecule has 2 heterocycles. The van der Waals surface area contributed by atoms with Gasteiger partial charge in [0.1, 0.15) is 5.54 Å². The van der Waals surface area contributed by atoms with Crippen LogP contribution in [-0.2, 0) is 9.53 Å². The lowest BCUT2D eigenvalue weighted by atomic mass is 9.78. The molecule has 104 valence electrons. The molecule has 0 bridgehead atoms. The summed E-state index contributed by atoms with van der Waals surface area (Å²) in [6.07, 6.45) is 2.79. The average Bonchev–Trinajstić information content (AvgIpc) is 2.74. The normalized spacial score (nSPS) is 29.7. The Kier molecular flexibility index (Phi) is 4.59. The molecule has 2 aliphatic rings. The predicted molar refractivity (Wildman–Crippen MR) is 70.2 cm³/mol. The lowest BCUT2D eigenvalue weighted by Crippen LogP contribution is -2.62. The summed E-state index contributed by atoms with van der Waals surface area (Å²) in [5, 5.41) is 3.38. The molecule has 5 heteroatoms. The van der Waals surface area contributed by atoms with Crippen molar-refractivity contribution in [2.45, 2.75) is 31.7 Å². The number of carbonyl (C=O) groups excluding carboxylic acids is 1. The zero-order chi connectivity index (χ0) is 13.0. The van der Waals surface area contributed by atoms with Crippen LogP contribution in [0.1, 0.15) is 26.2 Å². The molecule has 3 N–H and O–H groups in total. The monoisotopic (exact) mass is 255 g/mol. The van der Waals surface area contributed by atoms with Gasteiger partial charge < -0.3 is 15.8 Å². The summed E-state index contributed by atoms with van der Waals surface area (Å²) in [6.45, 7) is 7.29. The number of nitrogens with one attached hydrogen (secondary N) is 1. The molecule has 2 unspecified atom stereocenters. The molecule has 2 aliphatic heterocycles. The molecule has 2 atom stereocenters. The molecule has 0 aromatic rings. The van der Waals surface area contributed by atoms with Gasteiger partial charge in [0.15, 0.2) is 0 Å². The van der Waals surface area contributed by atoms with Gasteiger partial charge in [-0.3, -0.25) is 9.69 Å². The van der Waals surface area contributed by atoms with E-state index in [1.807, 2.05) is 0 Å². The van der Waals surface area contributed by atoms with E-state index >= 15 is 0 Å². The third-order valence-corrected chi connectivity index (χ3v) is 4.48. The molecule has 2 saturated heterocycles. The number of rotatable bonds is 4. The van der Waals surface area contributed by atoms with Crippen molar-refractivity contribution in [2.24, 2.45) is 11.7 Å². The fourth-order valence-corrected chi connectivity index (χ4v) is 3.46. The van der Waals surface area contributed by atoms with E-state index in [4.69, 9.17) is 10.5 Å². The summed E-state index contributed by atoms with van der Waals surface area (Å²) in [6, 6.07) is 0. The summed E-state index contributed by atoms with van der Waals surface area (Å²) < 4.78 is 5.49. The Morgan fingerprint density at radius 2 is 2.33 bits per heavy atom. The first-order valence-corrected chi connectivity index (χ1v) is 7.05. The number of nitrogens with zero attached hydrogens (tertiary/aromatic N) is 1. The second-order valence-corrected chi connectivity index (χ2v) is 5.29. The standard InChI is InChI=1S/C13H25N3O2/c1-2-13(12(14)17,11-4-9-18-10-11)16-7-3-5-15-6-8-16/h11,15H,2-10H2,1H3,(H2,14,17). The van der Waals surface area contributed by atoms with Crippen LogP contribution in [0, 0.1) is 5.92 Å². The van der Waals surface area contributed by atoms with Crippen LogP contribution < -0.4 is 11.1 Å². The number of amides is 1. The van der Waals surface area contributed by atoms with Gasteiger partial charge in [-0.25, -0.2) is 0 Å². The molecule has 18 heavy (non-hydrogen) atoms. The Labute approximate surface area is 109 Å². The SMILES string of the molecule is CCC(C(N)=O)(C1CCOC1)N1CCCNCC1. The molecule has 0 aromatic carbocycles. The maximum absolute atomic E-state index is 12.2. The third kappa shape index (κ3) is 2.39. The van der Waals surface area contributed by atoms with Crippen molar-refractivity contribution in [3.05, 3.63) is 0 Å². The first-order valence-electron chi connectivity index (χ1n) is 7.05. The molecule has 0 aromatic heterocycles. The van der Waals surface area contributed by atoms with Gasteiger partial charge >= 0.3 is 0 Å². The van der Waals surface area contributed by atoms with E-state index in [2.05, 4.69) is 17.1 Å². The zero-order valence-electron chi connectivity index (χ0n) is 11.3. The minimum absolute atomic E-state index is 0.178. The quantitative estimate of drug-likeness (QED) is 0.739. The molecule has 2 fully saturated rings. The molecular weight excluding hydrogens is 230 g/mol. The van der Waals surface area contributed by atoms with Gasteiger partial charge in [-0.15, -0.1) is 0 Å². The first kappa shape index (κ1) is 13.8. The van der Waals surface area contributed by atoms with Crippen molar-refractivity contribution in [2.75, 3.05) is 39.4 Å². The summed E-state index contributed by atoms with van der Waals surface area (Å²) in [5.74, 6) is 0.0699. The Balaban J connectivity index is 2.23. The van der Waals surface area contributed by atoms with Crippen LogP contribution in [0.2, 0.25) is 0 Å². The van der Waals surface area contributed by atoms with Crippen LogP contribution in [-0.4, -0.2) is 55.7 Å². The maximum Gasteiger partial charge on any atom is 0.238 e. The number of nitrogens with two attached hydrogens (primary N) is 1. The van der Waals surface area contributed by atoms with Gasteiger partial charge in [0, 0.05) is 32.2 Å². The van der Waals surface area contributed by atoms with Crippen LogP contribution >= 0.6 is 0 Å². The van der Waals surface area contributed by atoms with Gasteiger partial charge in [0.05, 0.1) is 6.61 Å². The summed E-state index contributed by atoms with van der Waals surface area (Å²) in [4.78, 5) is 14.5. The summed E-state index contributed by atoms with van der Waals surface area (Å²) in [7, 11) is 0. The van der Waals surface area contributed by atoms with E-state index < -0.39 is 5.54 Å². The van der Waals surface area contributed by atoms with E-state index in [0.717, 1.165) is 52.0 Å². The molecular formula is C13H25N3O2. The fourth-order valence-electron chi connectivity index (χ4n) is 3.46. The summed E-state index contributed by atoms with van der Waals surface area (Å²) >= 11 is 0. The van der Waals surface area contributed by atoms with Crippen molar-refractivity contribution >= 4 is 5.91 Å². The number of primary amides is 1. The first-order chi connectivity index (χ1) is 8.71. The average molecular weight is 255 g/mol. The van der Waals surface area contributed by atoms with Crippen molar-refractivity contribution < 1.29 is 9.53 Å². The highest BCUT2D eigenvalue weighted by Crippen LogP contribution is 2.34. The second-order valence-electron chi connectivity index (χ2n) is 5.29. The lowest BCUT2D eigenvalue weighted by Gasteiger charge is -2.44. The van der Waals surface area contributed by atoms with E-state index in [1.54, 1.807) is 0 Å². The van der Waals surface area contributed by atoms with Crippen molar-refractivity contribution in [3.63, 3.8) is 0 Å². The third-order valence-electron chi connectivity index (χ3n) is 4.48.